The highest BCUT2D eigenvalue weighted by atomic mass is 16.5. The van der Waals surface area contributed by atoms with Crippen molar-refractivity contribution in [2.45, 2.75) is 12.5 Å². The highest BCUT2D eigenvalue weighted by molar-refractivity contribution is 5.98. The lowest BCUT2D eigenvalue weighted by Gasteiger charge is -2.29. The van der Waals surface area contributed by atoms with E-state index < -0.39 is 0 Å². The quantitative estimate of drug-likeness (QED) is 0.706. The van der Waals surface area contributed by atoms with Crippen LogP contribution in [0, 0.1) is 0 Å². The van der Waals surface area contributed by atoms with E-state index in [0.29, 0.717) is 11.4 Å². The Labute approximate surface area is 169 Å². The van der Waals surface area contributed by atoms with E-state index in [1.807, 2.05) is 72.8 Å². The van der Waals surface area contributed by atoms with Crippen LogP contribution in [0.15, 0.2) is 79.0 Å². The lowest BCUT2D eigenvalue weighted by Crippen LogP contribution is -2.41. The van der Waals surface area contributed by atoms with Crippen molar-refractivity contribution in [1.82, 2.24) is 10.3 Å². The number of amides is 2. The van der Waals surface area contributed by atoms with E-state index in [9.17, 15) is 9.59 Å². The molecule has 0 aliphatic carbocycles. The first-order valence-corrected chi connectivity index (χ1v) is 9.50. The number of rotatable bonds is 6. The molecular weight excluding hydrogens is 366 g/mol. The number of carbonyl (C=O) groups is 2. The van der Waals surface area contributed by atoms with Gasteiger partial charge >= 0.3 is 0 Å². The average molecular weight is 387 g/mol. The highest BCUT2D eigenvalue weighted by Gasteiger charge is 2.26. The largest absolute Gasteiger partial charge is 0.482 e. The fourth-order valence-electron chi connectivity index (χ4n) is 3.37. The van der Waals surface area contributed by atoms with Gasteiger partial charge in [0.1, 0.15) is 5.75 Å². The number of benzene rings is 2. The zero-order valence-corrected chi connectivity index (χ0v) is 15.8. The maximum Gasteiger partial charge on any atom is 0.265 e. The van der Waals surface area contributed by atoms with Gasteiger partial charge in [0.05, 0.1) is 17.4 Å². The molecule has 0 saturated heterocycles. The Balaban J connectivity index is 1.47. The molecule has 0 radical (unpaired) electrons. The molecule has 4 rings (SSSR count). The number of carbonyl (C=O) groups excluding carboxylic acids is 2. The third-order valence-corrected chi connectivity index (χ3v) is 4.79. The van der Waals surface area contributed by atoms with Gasteiger partial charge in [-0.1, -0.05) is 48.5 Å². The van der Waals surface area contributed by atoms with Crippen LogP contribution in [-0.2, 0) is 9.59 Å². The molecule has 0 fully saturated rings. The molecule has 1 aromatic heterocycles. The number of hydrogen-bond donors (Lipinski definition) is 1. The lowest BCUT2D eigenvalue weighted by molar-refractivity contribution is -0.122. The summed E-state index contributed by atoms with van der Waals surface area (Å²) in [6, 6.07) is 22.3. The van der Waals surface area contributed by atoms with E-state index >= 15 is 0 Å². The molecule has 1 N–H and O–H groups in total. The van der Waals surface area contributed by atoms with Crippen LogP contribution in [0.3, 0.4) is 0 Å². The first kappa shape index (κ1) is 18.7. The van der Waals surface area contributed by atoms with E-state index in [1.54, 1.807) is 11.1 Å². The summed E-state index contributed by atoms with van der Waals surface area (Å²) in [5, 5.41) is 3.06. The van der Waals surface area contributed by atoms with Gasteiger partial charge in [-0.25, -0.2) is 0 Å². The van der Waals surface area contributed by atoms with Gasteiger partial charge in [-0.15, -0.1) is 0 Å². The fourth-order valence-corrected chi connectivity index (χ4v) is 3.37. The van der Waals surface area contributed by atoms with Crippen molar-refractivity contribution < 1.29 is 14.3 Å². The average Bonchev–Trinajstić information content (AvgIpc) is 2.78. The summed E-state index contributed by atoms with van der Waals surface area (Å²) in [4.78, 5) is 31.1. The number of fused-ring (bicyclic) bond motifs is 1. The molecule has 2 heterocycles. The summed E-state index contributed by atoms with van der Waals surface area (Å²) in [6.45, 7) is 0.272. The van der Waals surface area contributed by atoms with Gasteiger partial charge in [0, 0.05) is 19.2 Å². The van der Waals surface area contributed by atoms with E-state index in [4.69, 9.17) is 4.74 Å². The standard InChI is InChI=1S/C23H21N3O3/c27-21(13-15-26-19-11-4-5-12-20(19)29-16-22(26)28)25-23(17-8-2-1-3-9-17)18-10-6-7-14-24-18/h1-12,14,23H,13,15-16H2,(H,25,27). The molecule has 3 aromatic rings. The highest BCUT2D eigenvalue weighted by Crippen LogP contribution is 2.31. The van der Waals surface area contributed by atoms with Crippen molar-refractivity contribution in [3.63, 3.8) is 0 Å². The van der Waals surface area contributed by atoms with E-state index in [0.717, 1.165) is 11.3 Å². The van der Waals surface area contributed by atoms with Crippen LogP contribution in [0.2, 0.25) is 0 Å². The van der Waals surface area contributed by atoms with Crippen molar-refractivity contribution in [2.75, 3.05) is 18.1 Å². The van der Waals surface area contributed by atoms with Crippen LogP contribution < -0.4 is 15.0 Å². The molecule has 6 heteroatoms. The zero-order chi connectivity index (χ0) is 20.1. The molecule has 1 unspecified atom stereocenters. The van der Waals surface area contributed by atoms with Crippen LogP contribution in [0.1, 0.15) is 23.7 Å². The number of anilines is 1. The van der Waals surface area contributed by atoms with Gasteiger partial charge in [0.25, 0.3) is 5.91 Å². The van der Waals surface area contributed by atoms with Crippen LogP contribution in [0.4, 0.5) is 5.69 Å². The van der Waals surface area contributed by atoms with Crippen LogP contribution in [-0.4, -0.2) is 29.9 Å². The molecule has 1 aliphatic heterocycles. The predicted molar refractivity (Wildman–Crippen MR) is 110 cm³/mol. The molecule has 0 saturated carbocycles. The van der Waals surface area contributed by atoms with Crippen molar-refractivity contribution in [2.24, 2.45) is 0 Å². The zero-order valence-electron chi connectivity index (χ0n) is 15.8. The van der Waals surface area contributed by atoms with Gasteiger partial charge in [-0.3, -0.25) is 14.6 Å². The maximum atomic E-state index is 12.8. The normalized spacial score (nSPS) is 13.9. The van der Waals surface area contributed by atoms with Gasteiger partial charge in [0.2, 0.25) is 5.91 Å². The van der Waals surface area contributed by atoms with E-state index in [-0.39, 0.29) is 37.4 Å². The summed E-state index contributed by atoms with van der Waals surface area (Å²) >= 11 is 0. The number of para-hydroxylation sites is 2. The monoisotopic (exact) mass is 387 g/mol. The van der Waals surface area contributed by atoms with Crippen molar-refractivity contribution in [3.8, 4) is 5.75 Å². The number of pyridine rings is 1. The second kappa shape index (κ2) is 8.56. The SMILES string of the molecule is O=C(CCN1C(=O)COc2ccccc21)NC(c1ccccc1)c1ccccn1. The van der Waals surface area contributed by atoms with Gasteiger partial charge < -0.3 is 15.0 Å². The van der Waals surface area contributed by atoms with Gasteiger partial charge in [-0.2, -0.15) is 0 Å². The second-order valence-corrected chi connectivity index (χ2v) is 6.72. The molecule has 2 amide bonds. The Morgan fingerprint density at radius 2 is 1.79 bits per heavy atom. The Kier molecular flexibility index (Phi) is 5.52. The summed E-state index contributed by atoms with van der Waals surface area (Å²) in [7, 11) is 0. The number of nitrogens with zero attached hydrogens (tertiary/aromatic N) is 2. The van der Waals surface area contributed by atoms with Crippen molar-refractivity contribution in [1.29, 1.82) is 0 Å². The smallest absolute Gasteiger partial charge is 0.265 e. The molecule has 0 spiro atoms. The third-order valence-electron chi connectivity index (χ3n) is 4.79. The molecule has 29 heavy (non-hydrogen) atoms. The Hall–Kier alpha value is -3.67. The number of aromatic nitrogens is 1. The summed E-state index contributed by atoms with van der Waals surface area (Å²) in [5.41, 5.74) is 2.41. The van der Waals surface area contributed by atoms with Gasteiger partial charge in [0.15, 0.2) is 6.61 Å². The number of hydrogen-bond acceptors (Lipinski definition) is 4. The van der Waals surface area contributed by atoms with E-state index in [2.05, 4.69) is 10.3 Å². The first-order valence-electron chi connectivity index (χ1n) is 9.50. The van der Waals surface area contributed by atoms with E-state index in [1.165, 1.54) is 0 Å². The maximum absolute atomic E-state index is 12.8. The second-order valence-electron chi connectivity index (χ2n) is 6.72. The Morgan fingerprint density at radius 3 is 2.59 bits per heavy atom. The fraction of sp³-hybridized carbons (Fsp3) is 0.174. The molecule has 1 aliphatic rings. The minimum atomic E-state index is -0.349. The molecule has 0 bridgehead atoms. The minimum absolute atomic E-state index is 0.0147. The predicted octanol–water partition coefficient (Wildman–Crippen LogP) is 3.10. The molecule has 6 nitrogen and oxygen atoms in total. The van der Waals surface area contributed by atoms with Crippen molar-refractivity contribution in [3.05, 3.63) is 90.3 Å². The molecule has 1 atom stereocenters. The Bertz CT molecular complexity index is 953. The lowest BCUT2D eigenvalue weighted by atomic mass is 10.0. The van der Waals surface area contributed by atoms with Crippen LogP contribution >= 0.6 is 0 Å². The summed E-state index contributed by atoms with van der Waals surface area (Å²) in [5.74, 6) is 0.352. The Morgan fingerprint density at radius 1 is 1.03 bits per heavy atom. The summed E-state index contributed by atoms with van der Waals surface area (Å²) in [6.07, 6.45) is 1.89. The van der Waals surface area contributed by atoms with Gasteiger partial charge in [-0.05, 0) is 29.8 Å². The molecular formula is C23H21N3O3. The van der Waals surface area contributed by atoms with Crippen LogP contribution in [0.25, 0.3) is 0 Å². The van der Waals surface area contributed by atoms with Crippen molar-refractivity contribution >= 4 is 17.5 Å². The minimum Gasteiger partial charge on any atom is -0.482 e. The first-order chi connectivity index (χ1) is 14.2. The topological polar surface area (TPSA) is 71.5 Å². The van der Waals surface area contributed by atoms with Crippen LogP contribution in [0.5, 0.6) is 5.75 Å². The number of nitrogens with one attached hydrogen (secondary N) is 1. The third kappa shape index (κ3) is 4.27. The summed E-state index contributed by atoms with van der Waals surface area (Å²) < 4.78 is 5.45. The molecule has 146 valence electrons. The number of ether oxygens (including phenoxy) is 1. The molecule has 2 aromatic carbocycles.